The van der Waals surface area contributed by atoms with Gasteiger partial charge in [-0.25, -0.2) is 4.99 Å². The van der Waals surface area contributed by atoms with Crippen LogP contribution in [0.3, 0.4) is 0 Å². The second kappa shape index (κ2) is 11.3. The molecule has 1 unspecified atom stereocenters. The lowest BCUT2D eigenvalue weighted by molar-refractivity contribution is -0.127. The van der Waals surface area contributed by atoms with Gasteiger partial charge in [-0.1, -0.05) is 13.3 Å². The lowest BCUT2D eigenvalue weighted by Gasteiger charge is -2.33. The topological polar surface area (TPSA) is 60.0 Å². The third kappa shape index (κ3) is 8.21. The molecule has 0 aromatic carbocycles. The SMILES string of the molecule is CCCNC(=NCC(=O)N(C)C)NCCCN1CCCCC1C. The summed E-state index contributed by atoms with van der Waals surface area (Å²) >= 11 is 0. The molecule has 2 N–H and O–H groups in total. The molecule has 1 aliphatic rings. The summed E-state index contributed by atoms with van der Waals surface area (Å²) in [7, 11) is 3.51. The first-order chi connectivity index (χ1) is 11.0. The molecule has 1 aliphatic heterocycles. The molecule has 6 heteroatoms. The van der Waals surface area contributed by atoms with Gasteiger partial charge < -0.3 is 20.4 Å². The first kappa shape index (κ1) is 19.7. The van der Waals surface area contributed by atoms with Gasteiger partial charge in [0.25, 0.3) is 0 Å². The number of amides is 1. The number of aliphatic imine (C=N–C) groups is 1. The Hall–Kier alpha value is -1.30. The summed E-state index contributed by atoms with van der Waals surface area (Å²) in [5, 5.41) is 6.61. The van der Waals surface area contributed by atoms with E-state index in [9.17, 15) is 4.79 Å². The molecular formula is C17H35N5O. The Morgan fingerprint density at radius 2 is 2.00 bits per heavy atom. The van der Waals surface area contributed by atoms with Crippen molar-refractivity contribution in [2.24, 2.45) is 4.99 Å². The number of piperidine rings is 1. The van der Waals surface area contributed by atoms with Crippen LogP contribution in [-0.2, 0) is 4.79 Å². The van der Waals surface area contributed by atoms with E-state index in [0.29, 0.717) is 6.04 Å². The molecule has 6 nitrogen and oxygen atoms in total. The molecule has 0 saturated carbocycles. The number of hydrogen-bond donors (Lipinski definition) is 2. The molecule has 1 atom stereocenters. The fraction of sp³-hybridized carbons (Fsp3) is 0.882. The fourth-order valence-corrected chi connectivity index (χ4v) is 2.68. The Morgan fingerprint density at radius 3 is 2.65 bits per heavy atom. The fourth-order valence-electron chi connectivity index (χ4n) is 2.68. The van der Waals surface area contributed by atoms with E-state index in [-0.39, 0.29) is 12.5 Å². The number of carbonyl (C=O) groups excluding carboxylic acids is 1. The largest absolute Gasteiger partial charge is 0.356 e. The summed E-state index contributed by atoms with van der Waals surface area (Å²) in [6.07, 6.45) is 6.15. The molecule has 1 fully saturated rings. The Bertz CT molecular complexity index is 370. The Kier molecular flexibility index (Phi) is 9.67. The van der Waals surface area contributed by atoms with E-state index >= 15 is 0 Å². The molecule has 1 saturated heterocycles. The molecule has 23 heavy (non-hydrogen) atoms. The predicted octanol–water partition coefficient (Wildman–Crippen LogP) is 1.28. The average Bonchev–Trinajstić information content (AvgIpc) is 2.54. The highest BCUT2D eigenvalue weighted by molar-refractivity contribution is 5.84. The second-order valence-corrected chi connectivity index (χ2v) is 6.54. The molecule has 0 bridgehead atoms. The van der Waals surface area contributed by atoms with Crippen molar-refractivity contribution in [3.63, 3.8) is 0 Å². The number of carbonyl (C=O) groups is 1. The molecule has 1 heterocycles. The van der Waals surface area contributed by atoms with Crippen molar-refractivity contribution in [1.29, 1.82) is 0 Å². The molecule has 0 radical (unpaired) electrons. The van der Waals surface area contributed by atoms with Gasteiger partial charge in [-0.2, -0.15) is 0 Å². The number of nitrogens with one attached hydrogen (secondary N) is 2. The van der Waals surface area contributed by atoms with Crippen LogP contribution >= 0.6 is 0 Å². The average molecular weight is 326 g/mol. The van der Waals surface area contributed by atoms with Crippen LogP contribution in [0.1, 0.15) is 46.0 Å². The van der Waals surface area contributed by atoms with Crippen molar-refractivity contribution in [2.45, 2.75) is 52.0 Å². The highest BCUT2D eigenvalue weighted by atomic mass is 16.2. The van der Waals surface area contributed by atoms with E-state index in [4.69, 9.17) is 0 Å². The summed E-state index contributed by atoms with van der Waals surface area (Å²) in [6.45, 7) is 8.75. The van der Waals surface area contributed by atoms with Crippen molar-refractivity contribution < 1.29 is 4.79 Å². The minimum absolute atomic E-state index is 0.0183. The molecule has 1 amide bonds. The molecule has 0 aromatic rings. The van der Waals surface area contributed by atoms with E-state index < -0.39 is 0 Å². The van der Waals surface area contributed by atoms with Crippen molar-refractivity contribution >= 4 is 11.9 Å². The van der Waals surface area contributed by atoms with Crippen LogP contribution in [0.4, 0.5) is 0 Å². The van der Waals surface area contributed by atoms with Crippen molar-refractivity contribution in [3.8, 4) is 0 Å². The van der Waals surface area contributed by atoms with Gasteiger partial charge in [-0.05, 0) is 39.2 Å². The maximum atomic E-state index is 11.7. The van der Waals surface area contributed by atoms with Gasteiger partial charge in [0, 0.05) is 39.8 Å². The summed E-state index contributed by atoms with van der Waals surface area (Å²) in [4.78, 5) is 20.2. The number of likely N-dealkylation sites (tertiary alicyclic amines) is 1. The molecule has 0 aromatic heterocycles. The third-order valence-electron chi connectivity index (χ3n) is 4.27. The zero-order chi connectivity index (χ0) is 17.1. The van der Waals surface area contributed by atoms with Gasteiger partial charge in [0.15, 0.2) is 5.96 Å². The molecule has 0 aliphatic carbocycles. The quantitative estimate of drug-likeness (QED) is 0.401. The number of likely N-dealkylation sites (N-methyl/N-ethyl adjacent to an activating group) is 1. The summed E-state index contributed by atoms with van der Waals surface area (Å²) < 4.78 is 0. The van der Waals surface area contributed by atoms with Crippen LogP contribution < -0.4 is 10.6 Å². The molecule has 134 valence electrons. The summed E-state index contributed by atoms with van der Waals surface area (Å²) in [6, 6.07) is 0.716. The number of guanidine groups is 1. The van der Waals surface area contributed by atoms with Crippen molar-refractivity contribution in [2.75, 3.05) is 46.8 Å². The van der Waals surface area contributed by atoms with E-state index in [1.165, 1.54) is 25.8 Å². The highest BCUT2D eigenvalue weighted by Gasteiger charge is 2.17. The van der Waals surface area contributed by atoms with Gasteiger partial charge in [-0.3, -0.25) is 4.79 Å². The van der Waals surface area contributed by atoms with Gasteiger partial charge in [0.1, 0.15) is 6.54 Å². The number of rotatable bonds is 8. The van der Waals surface area contributed by atoms with Crippen LogP contribution in [0.5, 0.6) is 0 Å². The monoisotopic (exact) mass is 325 g/mol. The molecule has 1 rings (SSSR count). The van der Waals surface area contributed by atoms with Gasteiger partial charge in [-0.15, -0.1) is 0 Å². The second-order valence-electron chi connectivity index (χ2n) is 6.54. The van der Waals surface area contributed by atoms with Crippen LogP contribution in [-0.4, -0.2) is 74.5 Å². The standard InChI is InChI=1S/C17H35N5O/c1-5-10-18-17(20-14-16(23)21(3)4)19-11-8-13-22-12-7-6-9-15(22)2/h15H,5-14H2,1-4H3,(H2,18,19,20). The predicted molar refractivity (Wildman–Crippen MR) is 96.8 cm³/mol. The minimum Gasteiger partial charge on any atom is -0.356 e. The smallest absolute Gasteiger partial charge is 0.243 e. The zero-order valence-electron chi connectivity index (χ0n) is 15.4. The molecular weight excluding hydrogens is 290 g/mol. The van der Waals surface area contributed by atoms with Crippen molar-refractivity contribution in [3.05, 3.63) is 0 Å². The first-order valence-corrected chi connectivity index (χ1v) is 9.01. The van der Waals surface area contributed by atoms with Gasteiger partial charge in [0.05, 0.1) is 0 Å². The van der Waals surface area contributed by atoms with Crippen LogP contribution in [0.2, 0.25) is 0 Å². The van der Waals surface area contributed by atoms with E-state index in [1.807, 2.05) is 0 Å². The third-order valence-corrected chi connectivity index (χ3v) is 4.27. The van der Waals surface area contributed by atoms with E-state index in [2.05, 4.69) is 34.4 Å². The normalized spacial score (nSPS) is 19.5. The first-order valence-electron chi connectivity index (χ1n) is 9.01. The Balaban J connectivity index is 2.32. The minimum atomic E-state index is 0.0183. The van der Waals surface area contributed by atoms with Crippen LogP contribution in [0, 0.1) is 0 Å². The van der Waals surface area contributed by atoms with Crippen LogP contribution in [0.25, 0.3) is 0 Å². The lowest BCUT2D eigenvalue weighted by Crippen LogP contribution is -2.42. The van der Waals surface area contributed by atoms with Crippen LogP contribution in [0.15, 0.2) is 4.99 Å². The lowest BCUT2D eigenvalue weighted by atomic mass is 10.0. The maximum absolute atomic E-state index is 11.7. The number of hydrogen-bond acceptors (Lipinski definition) is 3. The Labute approximate surface area is 141 Å². The van der Waals surface area contributed by atoms with Gasteiger partial charge >= 0.3 is 0 Å². The zero-order valence-corrected chi connectivity index (χ0v) is 15.4. The van der Waals surface area contributed by atoms with Gasteiger partial charge in [0.2, 0.25) is 5.91 Å². The number of nitrogens with zero attached hydrogens (tertiary/aromatic N) is 3. The van der Waals surface area contributed by atoms with Crippen molar-refractivity contribution in [1.82, 2.24) is 20.4 Å². The highest BCUT2D eigenvalue weighted by Crippen LogP contribution is 2.15. The Morgan fingerprint density at radius 1 is 1.26 bits per heavy atom. The summed E-state index contributed by atoms with van der Waals surface area (Å²) in [5.41, 5.74) is 0. The van der Waals surface area contributed by atoms with E-state index in [0.717, 1.165) is 38.4 Å². The maximum Gasteiger partial charge on any atom is 0.243 e. The molecule has 0 spiro atoms. The van der Waals surface area contributed by atoms with E-state index in [1.54, 1.807) is 19.0 Å². The summed E-state index contributed by atoms with van der Waals surface area (Å²) in [5.74, 6) is 0.762.